The SMILES string of the molecule is Cc1cc(O)ccc1NC(=O)Nc1ccncc1. The molecule has 0 radical (unpaired) electrons. The van der Waals surface area contributed by atoms with Gasteiger partial charge < -0.3 is 15.7 Å². The van der Waals surface area contributed by atoms with Gasteiger partial charge >= 0.3 is 6.03 Å². The Kier molecular flexibility index (Phi) is 3.43. The molecule has 0 saturated carbocycles. The molecule has 0 atom stereocenters. The maximum absolute atomic E-state index is 11.7. The smallest absolute Gasteiger partial charge is 0.323 e. The summed E-state index contributed by atoms with van der Waals surface area (Å²) in [6.07, 6.45) is 3.20. The Hall–Kier alpha value is -2.56. The number of aryl methyl sites for hydroxylation is 1. The molecule has 0 saturated heterocycles. The molecule has 2 rings (SSSR count). The van der Waals surface area contributed by atoms with Gasteiger partial charge in [-0.1, -0.05) is 0 Å². The number of nitrogens with one attached hydrogen (secondary N) is 2. The number of pyridine rings is 1. The summed E-state index contributed by atoms with van der Waals surface area (Å²) < 4.78 is 0. The van der Waals surface area contributed by atoms with Crippen LogP contribution in [0.25, 0.3) is 0 Å². The van der Waals surface area contributed by atoms with Crippen molar-refractivity contribution in [3.8, 4) is 5.75 Å². The normalized spacial score (nSPS) is 9.83. The van der Waals surface area contributed by atoms with Gasteiger partial charge in [0.15, 0.2) is 0 Å². The van der Waals surface area contributed by atoms with Crippen LogP contribution in [0.5, 0.6) is 5.75 Å². The topological polar surface area (TPSA) is 74.2 Å². The number of hydrogen-bond donors (Lipinski definition) is 3. The summed E-state index contributed by atoms with van der Waals surface area (Å²) in [6.45, 7) is 1.81. The minimum Gasteiger partial charge on any atom is -0.508 e. The molecule has 0 aliphatic heterocycles. The molecular weight excluding hydrogens is 230 g/mol. The molecule has 0 bridgehead atoms. The molecule has 0 aliphatic rings. The zero-order chi connectivity index (χ0) is 13.0. The molecule has 5 nitrogen and oxygen atoms in total. The van der Waals surface area contributed by atoms with Gasteiger partial charge in [0.05, 0.1) is 0 Å². The molecule has 3 N–H and O–H groups in total. The van der Waals surface area contributed by atoms with E-state index in [0.717, 1.165) is 5.56 Å². The highest BCUT2D eigenvalue weighted by molar-refractivity contribution is 6.00. The van der Waals surface area contributed by atoms with E-state index in [9.17, 15) is 9.90 Å². The fourth-order valence-corrected chi connectivity index (χ4v) is 1.51. The zero-order valence-electron chi connectivity index (χ0n) is 9.84. The van der Waals surface area contributed by atoms with Gasteiger partial charge in [-0.15, -0.1) is 0 Å². The molecule has 0 unspecified atom stereocenters. The summed E-state index contributed by atoms with van der Waals surface area (Å²) in [6, 6.07) is 7.82. The van der Waals surface area contributed by atoms with Crippen LogP contribution >= 0.6 is 0 Å². The van der Waals surface area contributed by atoms with Crippen molar-refractivity contribution in [2.24, 2.45) is 0 Å². The van der Waals surface area contributed by atoms with Crippen LogP contribution in [0.2, 0.25) is 0 Å². The van der Waals surface area contributed by atoms with Crippen molar-refractivity contribution < 1.29 is 9.90 Å². The van der Waals surface area contributed by atoms with Crippen molar-refractivity contribution in [3.63, 3.8) is 0 Å². The number of carbonyl (C=O) groups excluding carboxylic acids is 1. The molecule has 5 heteroatoms. The van der Waals surface area contributed by atoms with Crippen LogP contribution in [0, 0.1) is 6.92 Å². The second kappa shape index (κ2) is 5.18. The van der Waals surface area contributed by atoms with Gasteiger partial charge in [-0.05, 0) is 42.8 Å². The summed E-state index contributed by atoms with van der Waals surface area (Å²) in [7, 11) is 0. The predicted molar refractivity (Wildman–Crippen MR) is 69.7 cm³/mol. The highest BCUT2D eigenvalue weighted by Crippen LogP contribution is 2.20. The second-order valence-corrected chi connectivity index (χ2v) is 3.81. The first-order valence-corrected chi connectivity index (χ1v) is 5.43. The summed E-state index contributed by atoms with van der Waals surface area (Å²) in [5, 5.41) is 14.7. The summed E-state index contributed by atoms with van der Waals surface area (Å²) >= 11 is 0. The molecule has 1 heterocycles. The average molecular weight is 243 g/mol. The number of rotatable bonds is 2. The lowest BCUT2D eigenvalue weighted by atomic mass is 10.2. The van der Waals surface area contributed by atoms with Crippen molar-refractivity contribution in [3.05, 3.63) is 48.3 Å². The van der Waals surface area contributed by atoms with Gasteiger partial charge in [0.25, 0.3) is 0 Å². The third kappa shape index (κ3) is 2.98. The van der Waals surface area contributed by atoms with Crippen molar-refractivity contribution in [2.45, 2.75) is 6.92 Å². The number of aromatic hydroxyl groups is 1. The van der Waals surface area contributed by atoms with Gasteiger partial charge in [0.1, 0.15) is 5.75 Å². The summed E-state index contributed by atoms with van der Waals surface area (Å²) in [5.74, 6) is 0.174. The molecule has 0 aliphatic carbocycles. The maximum atomic E-state index is 11.7. The van der Waals surface area contributed by atoms with Gasteiger partial charge in [-0.3, -0.25) is 4.98 Å². The number of phenols is 1. The number of benzene rings is 1. The average Bonchev–Trinajstić information content (AvgIpc) is 2.34. The largest absolute Gasteiger partial charge is 0.508 e. The lowest BCUT2D eigenvalue weighted by molar-refractivity contribution is 0.262. The van der Waals surface area contributed by atoms with Crippen LogP contribution in [0.15, 0.2) is 42.7 Å². The van der Waals surface area contributed by atoms with E-state index >= 15 is 0 Å². The van der Waals surface area contributed by atoms with Crippen molar-refractivity contribution >= 4 is 17.4 Å². The van der Waals surface area contributed by atoms with Crippen molar-refractivity contribution in [1.82, 2.24) is 4.98 Å². The number of nitrogens with zero attached hydrogens (tertiary/aromatic N) is 1. The molecular formula is C13H13N3O2. The maximum Gasteiger partial charge on any atom is 0.323 e. The predicted octanol–water partition coefficient (Wildman–Crippen LogP) is 2.74. The molecule has 0 fully saturated rings. The number of anilines is 2. The van der Waals surface area contributed by atoms with E-state index in [4.69, 9.17) is 0 Å². The van der Waals surface area contributed by atoms with E-state index in [1.807, 2.05) is 6.92 Å². The molecule has 18 heavy (non-hydrogen) atoms. The molecule has 1 aromatic carbocycles. The number of aromatic nitrogens is 1. The van der Waals surface area contributed by atoms with Crippen LogP contribution in [-0.4, -0.2) is 16.1 Å². The summed E-state index contributed by atoms with van der Waals surface area (Å²) in [4.78, 5) is 15.6. The first-order valence-electron chi connectivity index (χ1n) is 5.43. The molecule has 2 amide bonds. The van der Waals surface area contributed by atoms with E-state index in [0.29, 0.717) is 11.4 Å². The number of urea groups is 1. The van der Waals surface area contributed by atoms with Gasteiger partial charge in [0, 0.05) is 23.8 Å². The van der Waals surface area contributed by atoms with Gasteiger partial charge in [-0.2, -0.15) is 0 Å². The summed E-state index contributed by atoms with van der Waals surface area (Å²) in [5.41, 5.74) is 2.11. The molecule has 1 aromatic heterocycles. The van der Waals surface area contributed by atoms with Crippen LogP contribution < -0.4 is 10.6 Å². The Morgan fingerprint density at radius 2 is 1.89 bits per heavy atom. The third-order valence-corrected chi connectivity index (χ3v) is 2.40. The van der Waals surface area contributed by atoms with Crippen LogP contribution in [0.4, 0.5) is 16.2 Å². The van der Waals surface area contributed by atoms with E-state index in [1.54, 1.807) is 36.7 Å². The van der Waals surface area contributed by atoms with Crippen LogP contribution in [-0.2, 0) is 0 Å². The lowest BCUT2D eigenvalue weighted by Gasteiger charge is -2.09. The van der Waals surface area contributed by atoms with E-state index < -0.39 is 0 Å². The van der Waals surface area contributed by atoms with Crippen LogP contribution in [0.3, 0.4) is 0 Å². The Bertz CT molecular complexity index is 555. The minimum absolute atomic E-state index is 0.174. The highest BCUT2D eigenvalue weighted by atomic mass is 16.3. The van der Waals surface area contributed by atoms with E-state index in [1.165, 1.54) is 6.07 Å². The van der Waals surface area contributed by atoms with E-state index in [2.05, 4.69) is 15.6 Å². The Morgan fingerprint density at radius 1 is 1.17 bits per heavy atom. The number of amides is 2. The Labute approximate surface area is 104 Å². The first kappa shape index (κ1) is 11.9. The van der Waals surface area contributed by atoms with E-state index in [-0.39, 0.29) is 11.8 Å². The van der Waals surface area contributed by atoms with Crippen LogP contribution in [0.1, 0.15) is 5.56 Å². The fraction of sp³-hybridized carbons (Fsp3) is 0.0769. The van der Waals surface area contributed by atoms with Crippen molar-refractivity contribution in [2.75, 3.05) is 10.6 Å². The fourth-order valence-electron chi connectivity index (χ4n) is 1.51. The Balaban J connectivity index is 2.03. The van der Waals surface area contributed by atoms with Crippen molar-refractivity contribution in [1.29, 1.82) is 0 Å². The Morgan fingerprint density at radius 3 is 2.56 bits per heavy atom. The standard InChI is InChI=1S/C13H13N3O2/c1-9-8-11(17)2-3-12(9)16-13(18)15-10-4-6-14-7-5-10/h2-8,17H,1H3,(H2,14,15,16,18). The molecule has 2 aromatic rings. The first-order chi connectivity index (χ1) is 8.65. The monoisotopic (exact) mass is 243 g/mol. The lowest BCUT2D eigenvalue weighted by Crippen LogP contribution is -2.19. The quantitative estimate of drug-likeness (QED) is 0.710. The number of hydrogen-bond acceptors (Lipinski definition) is 3. The molecule has 92 valence electrons. The van der Waals surface area contributed by atoms with Gasteiger partial charge in [-0.25, -0.2) is 4.79 Å². The molecule has 0 spiro atoms. The second-order valence-electron chi connectivity index (χ2n) is 3.81. The van der Waals surface area contributed by atoms with Gasteiger partial charge in [0.2, 0.25) is 0 Å². The minimum atomic E-state index is -0.338. The zero-order valence-corrected chi connectivity index (χ0v) is 9.84. The third-order valence-electron chi connectivity index (χ3n) is 2.40. The highest BCUT2D eigenvalue weighted by Gasteiger charge is 2.05. The number of phenolic OH excluding ortho intramolecular Hbond substituents is 1. The number of carbonyl (C=O) groups is 1.